The van der Waals surface area contributed by atoms with Gasteiger partial charge in [0.15, 0.2) is 0 Å². The van der Waals surface area contributed by atoms with Gasteiger partial charge in [0, 0.05) is 31.9 Å². The highest BCUT2D eigenvalue weighted by Crippen LogP contribution is 2.25. The zero-order valence-corrected chi connectivity index (χ0v) is 11.2. The van der Waals surface area contributed by atoms with Crippen LogP contribution in [0.3, 0.4) is 0 Å². The molecule has 2 rings (SSSR count). The molecule has 1 aromatic heterocycles. The van der Waals surface area contributed by atoms with E-state index in [0.717, 1.165) is 18.8 Å². The van der Waals surface area contributed by atoms with Crippen LogP contribution < -0.4 is 0 Å². The van der Waals surface area contributed by atoms with E-state index in [0.29, 0.717) is 12.6 Å². The first-order valence-corrected chi connectivity index (χ1v) is 6.45. The molecule has 1 aliphatic rings. The van der Waals surface area contributed by atoms with Crippen LogP contribution in [0.15, 0.2) is 12.5 Å². The monoisotopic (exact) mass is 251 g/mol. The van der Waals surface area contributed by atoms with Gasteiger partial charge in [0.25, 0.3) is 0 Å². The zero-order chi connectivity index (χ0) is 13.3. The van der Waals surface area contributed by atoms with E-state index in [2.05, 4.69) is 28.3 Å². The van der Waals surface area contributed by atoms with Crippen molar-refractivity contribution < 1.29 is 9.90 Å². The van der Waals surface area contributed by atoms with Gasteiger partial charge in [0.1, 0.15) is 0 Å². The number of rotatable bonds is 4. The lowest BCUT2D eigenvalue weighted by Gasteiger charge is -2.18. The number of carboxylic acids is 1. The highest BCUT2D eigenvalue weighted by Gasteiger charge is 2.34. The average Bonchev–Trinajstić information content (AvgIpc) is 2.85. The molecular weight excluding hydrogens is 230 g/mol. The van der Waals surface area contributed by atoms with Crippen LogP contribution in [0.4, 0.5) is 0 Å². The van der Waals surface area contributed by atoms with Gasteiger partial charge in [-0.2, -0.15) is 0 Å². The molecule has 0 radical (unpaired) electrons. The Labute approximate surface area is 107 Å². The van der Waals surface area contributed by atoms with Crippen LogP contribution in [0.25, 0.3) is 0 Å². The molecule has 2 atom stereocenters. The van der Waals surface area contributed by atoms with Crippen molar-refractivity contribution in [1.29, 1.82) is 0 Å². The fourth-order valence-corrected chi connectivity index (χ4v) is 2.67. The Balaban J connectivity index is 2.03. The van der Waals surface area contributed by atoms with Crippen molar-refractivity contribution in [2.24, 2.45) is 11.8 Å². The summed E-state index contributed by atoms with van der Waals surface area (Å²) >= 11 is 0. The molecule has 2 heterocycles. The van der Waals surface area contributed by atoms with Gasteiger partial charge in [-0.15, -0.1) is 0 Å². The van der Waals surface area contributed by atoms with Crippen molar-refractivity contribution >= 4 is 5.97 Å². The maximum Gasteiger partial charge on any atom is 0.308 e. The van der Waals surface area contributed by atoms with E-state index in [1.165, 1.54) is 0 Å². The topological polar surface area (TPSA) is 58.4 Å². The fourth-order valence-electron chi connectivity index (χ4n) is 2.67. The van der Waals surface area contributed by atoms with Gasteiger partial charge in [-0.3, -0.25) is 9.69 Å². The molecule has 18 heavy (non-hydrogen) atoms. The molecule has 0 bridgehead atoms. The van der Waals surface area contributed by atoms with Gasteiger partial charge >= 0.3 is 5.97 Å². The summed E-state index contributed by atoms with van der Waals surface area (Å²) in [6.45, 7) is 8.53. The summed E-state index contributed by atoms with van der Waals surface area (Å²) in [5.74, 6) is -0.694. The minimum Gasteiger partial charge on any atom is -0.481 e. The van der Waals surface area contributed by atoms with Gasteiger partial charge in [-0.05, 0) is 19.8 Å². The summed E-state index contributed by atoms with van der Waals surface area (Å²) in [6.07, 6.45) is 3.72. The standard InChI is InChI=1S/C13H21N3O2/c1-9(2)16-8-14-4-11(16)6-15-5-10(3)12(7-15)13(17)18/h4,8-10,12H,5-7H2,1-3H3,(H,17,18)/t10-,12-/m1/s1. The molecule has 0 aliphatic carbocycles. The Hall–Kier alpha value is -1.36. The molecule has 0 spiro atoms. The highest BCUT2D eigenvalue weighted by atomic mass is 16.4. The summed E-state index contributed by atoms with van der Waals surface area (Å²) in [5, 5.41) is 9.13. The summed E-state index contributed by atoms with van der Waals surface area (Å²) < 4.78 is 2.14. The Bertz CT molecular complexity index is 428. The third-order valence-corrected chi connectivity index (χ3v) is 3.69. The van der Waals surface area contributed by atoms with Crippen LogP contribution in [0.2, 0.25) is 0 Å². The average molecular weight is 251 g/mol. The number of nitrogens with zero attached hydrogens (tertiary/aromatic N) is 3. The lowest BCUT2D eigenvalue weighted by molar-refractivity contribution is -0.142. The van der Waals surface area contributed by atoms with Crippen LogP contribution in [-0.2, 0) is 11.3 Å². The first-order valence-electron chi connectivity index (χ1n) is 6.45. The molecule has 1 aliphatic heterocycles. The van der Waals surface area contributed by atoms with Crippen molar-refractivity contribution in [2.45, 2.75) is 33.4 Å². The molecule has 5 heteroatoms. The molecule has 1 N–H and O–H groups in total. The Morgan fingerprint density at radius 3 is 2.83 bits per heavy atom. The van der Waals surface area contributed by atoms with Crippen LogP contribution >= 0.6 is 0 Å². The first-order chi connectivity index (χ1) is 8.49. The van der Waals surface area contributed by atoms with Crippen molar-refractivity contribution in [3.63, 3.8) is 0 Å². The predicted molar refractivity (Wildman–Crippen MR) is 68.2 cm³/mol. The molecule has 1 aromatic rings. The normalized spacial score (nSPS) is 24.9. The van der Waals surface area contributed by atoms with Crippen LogP contribution in [0, 0.1) is 11.8 Å². The van der Waals surface area contributed by atoms with E-state index in [4.69, 9.17) is 5.11 Å². The second-order valence-electron chi connectivity index (χ2n) is 5.50. The number of aromatic nitrogens is 2. The van der Waals surface area contributed by atoms with E-state index in [-0.39, 0.29) is 11.8 Å². The lowest BCUT2D eigenvalue weighted by atomic mass is 9.99. The number of hydrogen-bond donors (Lipinski definition) is 1. The quantitative estimate of drug-likeness (QED) is 0.883. The van der Waals surface area contributed by atoms with Crippen molar-refractivity contribution in [2.75, 3.05) is 13.1 Å². The minimum atomic E-state index is -0.678. The molecule has 0 amide bonds. The van der Waals surface area contributed by atoms with Crippen LogP contribution in [0.1, 0.15) is 32.5 Å². The van der Waals surface area contributed by atoms with E-state index < -0.39 is 5.97 Å². The molecule has 100 valence electrons. The fraction of sp³-hybridized carbons (Fsp3) is 0.692. The number of hydrogen-bond acceptors (Lipinski definition) is 3. The van der Waals surface area contributed by atoms with Gasteiger partial charge in [-0.25, -0.2) is 4.98 Å². The third kappa shape index (κ3) is 2.56. The zero-order valence-electron chi connectivity index (χ0n) is 11.2. The molecule has 0 unspecified atom stereocenters. The summed E-state index contributed by atoms with van der Waals surface area (Å²) in [5.41, 5.74) is 1.16. The van der Waals surface area contributed by atoms with Gasteiger partial charge in [0.05, 0.1) is 17.9 Å². The highest BCUT2D eigenvalue weighted by molar-refractivity contribution is 5.71. The lowest BCUT2D eigenvalue weighted by Crippen LogP contribution is -2.24. The number of aliphatic carboxylic acids is 1. The maximum atomic E-state index is 11.1. The number of carboxylic acid groups (broad SMARTS) is 1. The second-order valence-corrected chi connectivity index (χ2v) is 5.50. The molecule has 5 nitrogen and oxygen atoms in total. The Morgan fingerprint density at radius 2 is 2.28 bits per heavy atom. The SMILES string of the molecule is CC(C)n1cncc1CN1C[C@@H](C)[C@H](C(=O)O)C1. The van der Waals surface area contributed by atoms with E-state index in [9.17, 15) is 4.79 Å². The van der Waals surface area contributed by atoms with Gasteiger partial charge in [0.2, 0.25) is 0 Å². The second kappa shape index (κ2) is 5.10. The predicted octanol–water partition coefficient (Wildman–Crippen LogP) is 1.62. The largest absolute Gasteiger partial charge is 0.481 e. The molecule has 1 fully saturated rings. The van der Waals surface area contributed by atoms with Gasteiger partial charge in [-0.1, -0.05) is 6.92 Å². The van der Waals surface area contributed by atoms with Gasteiger partial charge < -0.3 is 9.67 Å². The first kappa shape index (κ1) is 13.1. The van der Waals surface area contributed by atoms with Crippen molar-refractivity contribution in [3.8, 4) is 0 Å². The number of likely N-dealkylation sites (tertiary alicyclic amines) is 1. The summed E-state index contributed by atoms with van der Waals surface area (Å²) in [6, 6.07) is 0.387. The number of carbonyl (C=O) groups is 1. The minimum absolute atomic E-state index is 0.220. The molecule has 0 aromatic carbocycles. The number of imidazole rings is 1. The van der Waals surface area contributed by atoms with E-state index >= 15 is 0 Å². The maximum absolute atomic E-state index is 11.1. The van der Waals surface area contributed by atoms with E-state index in [1.54, 1.807) is 0 Å². The van der Waals surface area contributed by atoms with Crippen LogP contribution in [-0.4, -0.2) is 38.6 Å². The van der Waals surface area contributed by atoms with E-state index in [1.807, 2.05) is 19.4 Å². The Kier molecular flexibility index (Phi) is 3.71. The van der Waals surface area contributed by atoms with Crippen molar-refractivity contribution in [3.05, 3.63) is 18.2 Å². The Morgan fingerprint density at radius 1 is 1.56 bits per heavy atom. The molecule has 1 saturated heterocycles. The molecular formula is C13H21N3O2. The summed E-state index contributed by atoms with van der Waals surface area (Å²) in [7, 11) is 0. The van der Waals surface area contributed by atoms with Crippen LogP contribution in [0.5, 0.6) is 0 Å². The van der Waals surface area contributed by atoms with Crippen molar-refractivity contribution in [1.82, 2.24) is 14.5 Å². The smallest absolute Gasteiger partial charge is 0.308 e. The molecule has 0 saturated carbocycles. The third-order valence-electron chi connectivity index (χ3n) is 3.69. The summed E-state index contributed by atoms with van der Waals surface area (Å²) in [4.78, 5) is 17.5.